The number of benzene rings is 2. The van der Waals surface area contributed by atoms with E-state index in [-0.39, 0.29) is 17.0 Å². The number of halogens is 1. The molecule has 0 heterocycles. The van der Waals surface area contributed by atoms with Crippen LogP contribution in [-0.4, -0.2) is 8.42 Å². The van der Waals surface area contributed by atoms with Crippen LogP contribution in [0.3, 0.4) is 0 Å². The van der Waals surface area contributed by atoms with Gasteiger partial charge >= 0.3 is 0 Å². The van der Waals surface area contributed by atoms with Crippen molar-refractivity contribution in [1.29, 1.82) is 5.26 Å². The molecule has 0 fully saturated rings. The Hall–Kier alpha value is -2.39. The van der Waals surface area contributed by atoms with Crippen molar-refractivity contribution < 1.29 is 12.8 Å². The largest absolute Gasteiger partial charge is 0.276 e. The minimum atomic E-state index is -3.86. The highest BCUT2D eigenvalue weighted by Gasteiger charge is 2.17. The number of hydrogen-bond donors (Lipinski definition) is 1. The molecule has 6 heteroatoms. The van der Waals surface area contributed by atoms with Crippen molar-refractivity contribution in [3.8, 4) is 6.07 Å². The Labute approximate surface area is 122 Å². The molecule has 0 saturated carbocycles. The number of anilines is 1. The number of rotatable bonds is 4. The van der Waals surface area contributed by atoms with E-state index in [4.69, 9.17) is 5.26 Å². The molecule has 0 aliphatic heterocycles. The standard InChI is InChI=1S/C15H13FN2O2S/c1-11-3-2-4-14(16)15(11)18-21(19,20)13-7-5-12(6-8-13)9-10-17/h2-8,18H,9H2,1H3. The van der Waals surface area contributed by atoms with E-state index in [1.807, 2.05) is 6.07 Å². The zero-order chi connectivity index (χ0) is 15.5. The normalized spacial score (nSPS) is 10.9. The first-order valence-corrected chi connectivity index (χ1v) is 7.66. The van der Waals surface area contributed by atoms with E-state index in [0.29, 0.717) is 5.56 Å². The van der Waals surface area contributed by atoms with Gasteiger partial charge in [-0.2, -0.15) is 5.26 Å². The maximum Gasteiger partial charge on any atom is 0.261 e. The number of para-hydroxylation sites is 1. The van der Waals surface area contributed by atoms with Crippen molar-refractivity contribution in [2.45, 2.75) is 18.2 Å². The predicted octanol–water partition coefficient (Wildman–Crippen LogP) is 3.00. The van der Waals surface area contributed by atoms with Crippen LogP contribution in [0.15, 0.2) is 47.4 Å². The molecule has 21 heavy (non-hydrogen) atoms. The lowest BCUT2D eigenvalue weighted by Gasteiger charge is -2.11. The second-order valence-electron chi connectivity index (χ2n) is 4.52. The van der Waals surface area contributed by atoms with E-state index in [1.54, 1.807) is 25.1 Å². The van der Waals surface area contributed by atoms with Gasteiger partial charge in [0.2, 0.25) is 0 Å². The maximum atomic E-state index is 13.7. The van der Waals surface area contributed by atoms with Crippen LogP contribution < -0.4 is 4.72 Å². The Bertz CT molecular complexity index is 773. The first kappa shape index (κ1) is 15.0. The van der Waals surface area contributed by atoms with Crippen molar-refractivity contribution in [3.63, 3.8) is 0 Å². The molecular weight excluding hydrogens is 291 g/mol. The third-order valence-electron chi connectivity index (χ3n) is 2.98. The van der Waals surface area contributed by atoms with Gasteiger partial charge in [-0.15, -0.1) is 0 Å². The van der Waals surface area contributed by atoms with Gasteiger partial charge in [-0.25, -0.2) is 12.8 Å². The fourth-order valence-electron chi connectivity index (χ4n) is 1.83. The lowest BCUT2D eigenvalue weighted by Crippen LogP contribution is -2.15. The summed E-state index contributed by atoms with van der Waals surface area (Å²) in [5.41, 5.74) is 1.16. The fourth-order valence-corrected chi connectivity index (χ4v) is 2.97. The number of nitrogens with zero attached hydrogens (tertiary/aromatic N) is 1. The molecule has 0 unspecified atom stereocenters. The smallest absolute Gasteiger partial charge is 0.261 e. The summed E-state index contributed by atoms with van der Waals surface area (Å²) in [5, 5.41) is 8.58. The number of hydrogen-bond acceptors (Lipinski definition) is 3. The van der Waals surface area contributed by atoms with Gasteiger partial charge in [-0.3, -0.25) is 4.72 Å². The Morgan fingerprint density at radius 2 is 1.86 bits per heavy atom. The molecule has 0 aliphatic rings. The van der Waals surface area contributed by atoms with E-state index >= 15 is 0 Å². The van der Waals surface area contributed by atoms with Crippen LogP contribution in [0.5, 0.6) is 0 Å². The first-order valence-electron chi connectivity index (χ1n) is 6.18. The van der Waals surface area contributed by atoms with Crippen LogP contribution in [-0.2, 0) is 16.4 Å². The van der Waals surface area contributed by atoms with Gasteiger partial charge in [0.1, 0.15) is 5.82 Å². The second-order valence-corrected chi connectivity index (χ2v) is 6.20. The van der Waals surface area contributed by atoms with Crippen molar-refractivity contribution in [3.05, 3.63) is 59.4 Å². The molecule has 0 radical (unpaired) electrons. The van der Waals surface area contributed by atoms with E-state index < -0.39 is 15.8 Å². The molecule has 1 N–H and O–H groups in total. The zero-order valence-corrected chi connectivity index (χ0v) is 12.1. The highest BCUT2D eigenvalue weighted by molar-refractivity contribution is 7.92. The molecule has 0 amide bonds. The molecule has 0 atom stereocenters. The molecular formula is C15H13FN2O2S. The summed E-state index contributed by atoms with van der Waals surface area (Å²) < 4.78 is 40.4. The second kappa shape index (κ2) is 5.94. The Kier molecular flexibility index (Phi) is 4.24. The van der Waals surface area contributed by atoms with Gasteiger partial charge in [0.25, 0.3) is 10.0 Å². The average molecular weight is 304 g/mol. The van der Waals surface area contributed by atoms with Crippen molar-refractivity contribution in [2.75, 3.05) is 4.72 Å². The Morgan fingerprint density at radius 1 is 1.19 bits per heavy atom. The van der Waals surface area contributed by atoms with Crippen LogP contribution >= 0.6 is 0 Å². The van der Waals surface area contributed by atoms with Gasteiger partial charge in [-0.1, -0.05) is 24.3 Å². The molecule has 0 spiro atoms. The minimum absolute atomic E-state index is 0.0202. The first-order chi connectivity index (χ1) is 9.94. The minimum Gasteiger partial charge on any atom is -0.276 e. The molecule has 0 aromatic heterocycles. The summed E-state index contributed by atoms with van der Waals surface area (Å²) in [4.78, 5) is 0.0202. The quantitative estimate of drug-likeness (QED) is 0.944. The molecule has 0 saturated heterocycles. The molecule has 0 bridgehead atoms. The fraction of sp³-hybridized carbons (Fsp3) is 0.133. The van der Waals surface area contributed by atoms with Gasteiger partial charge in [0.15, 0.2) is 0 Å². The van der Waals surface area contributed by atoms with Crippen LogP contribution in [0.4, 0.5) is 10.1 Å². The van der Waals surface area contributed by atoms with Crippen molar-refractivity contribution >= 4 is 15.7 Å². The van der Waals surface area contributed by atoms with E-state index in [2.05, 4.69) is 4.72 Å². The molecule has 2 rings (SSSR count). The van der Waals surface area contributed by atoms with Crippen LogP contribution in [0.2, 0.25) is 0 Å². The summed E-state index contributed by atoms with van der Waals surface area (Å²) in [7, 11) is -3.86. The Morgan fingerprint density at radius 3 is 2.43 bits per heavy atom. The monoisotopic (exact) mass is 304 g/mol. The maximum absolute atomic E-state index is 13.7. The highest BCUT2D eigenvalue weighted by atomic mass is 32.2. The number of nitriles is 1. The van der Waals surface area contributed by atoms with Gasteiger partial charge in [0, 0.05) is 0 Å². The summed E-state index contributed by atoms with van der Waals surface area (Å²) in [6.07, 6.45) is 0.209. The van der Waals surface area contributed by atoms with Gasteiger partial charge in [0.05, 0.1) is 23.1 Å². The molecule has 0 aliphatic carbocycles. The number of nitrogens with one attached hydrogen (secondary N) is 1. The molecule has 2 aromatic carbocycles. The summed E-state index contributed by atoms with van der Waals surface area (Å²) in [6.45, 7) is 1.62. The van der Waals surface area contributed by atoms with Crippen LogP contribution in [0, 0.1) is 24.1 Å². The predicted molar refractivity (Wildman–Crippen MR) is 77.7 cm³/mol. The van der Waals surface area contributed by atoms with Crippen molar-refractivity contribution in [1.82, 2.24) is 0 Å². The molecule has 108 valence electrons. The lowest BCUT2D eigenvalue weighted by molar-refractivity contribution is 0.598. The summed E-state index contributed by atoms with van der Waals surface area (Å²) >= 11 is 0. The van der Waals surface area contributed by atoms with Crippen LogP contribution in [0.1, 0.15) is 11.1 Å². The lowest BCUT2D eigenvalue weighted by atomic mass is 10.2. The number of sulfonamides is 1. The average Bonchev–Trinajstić information content (AvgIpc) is 2.44. The van der Waals surface area contributed by atoms with Gasteiger partial charge < -0.3 is 0 Å². The third-order valence-corrected chi connectivity index (χ3v) is 4.34. The SMILES string of the molecule is Cc1cccc(F)c1NS(=O)(=O)c1ccc(CC#N)cc1. The van der Waals surface area contributed by atoms with Crippen molar-refractivity contribution in [2.24, 2.45) is 0 Å². The van der Waals surface area contributed by atoms with Gasteiger partial charge in [-0.05, 0) is 36.2 Å². The molecule has 4 nitrogen and oxygen atoms in total. The topological polar surface area (TPSA) is 70.0 Å². The zero-order valence-electron chi connectivity index (χ0n) is 11.3. The number of aryl methyl sites for hydroxylation is 1. The Balaban J connectivity index is 2.32. The summed E-state index contributed by atoms with van der Waals surface area (Å²) in [6, 6.07) is 12.2. The van der Waals surface area contributed by atoms with E-state index in [9.17, 15) is 12.8 Å². The van der Waals surface area contributed by atoms with E-state index in [1.165, 1.54) is 24.3 Å². The summed E-state index contributed by atoms with van der Waals surface area (Å²) in [5.74, 6) is -0.625. The van der Waals surface area contributed by atoms with Crippen LogP contribution in [0.25, 0.3) is 0 Å². The molecule has 2 aromatic rings. The highest BCUT2D eigenvalue weighted by Crippen LogP contribution is 2.23. The van der Waals surface area contributed by atoms with E-state index in [0.717, 1.165) is 5.56 Å². The third kappa shape index (κ3) is 3.38.